The van der Waals surface area contributed by atoms with Crippen LogP contribution >= 0.6 is 0 Å². The topological polar surface area (TPSA) is 74.6 Å². The fourth-order valence-electron chi connectivity index (χ4n) is 4.35. The summed E-state index contributed by atoms with van der Waals surface area (Å²) in [4.78, 5) is 21.9. The van der Waals surface area contributed by atoms with E-state index in [0.717, 1.165) is 44.9 Å². The smallest absolute Gasteiger partial charge is 0.306 e. The molecule has 1 atom stereocenters. The van der Waals surface area contributed by atoms with Gasteiger partial charge in [-0.05, 0) is 19.3 Å². The third-order valence-corrected chi connectivity index (χ3v) is 6.45. The molecule has 1 unspecified atom stereocenters. The van der Waals surface area contributed by atoms with E-state index in [2.05, 4.69) is 6.92 Å². The maximum absolute atomic E-state index is 11.5. The lowest BCUT2D eigenvalue weighted by atomic mass is 9.94. The molecule has 2 N–H and O–H groups in total. The van der Waals surface area contributed by atoms with Gasteiger partial charge in [-0.25, -0.2) is 0 Å². The van der Waals surface area contributed by atoms with Gasteiger partial charge in [0.1, 0.15) is 0 Å². The summed E-state index contributed by atoms with van der Waals surface area (Å²) in [5, 5.41) is 18.1. The van der Waals surface area contributed by atoms with E-state index >= 15 is 0 Å². The van der Waals surface area contributed by atoms with Gasteiger partial charge < -0.3 is 10.2 Å². The molecule has 0 bridgehead atoms. The molecule has 0 aliphatic rings. The summed E-state index contributed by atoms with van der Waals surface area (Å²) in [7, 11) is 0. The second-order valence-electron chi connectivity index (χ2n) is 9.47. The third-order valence-electron chi connectivity index (χ3n) is 6.45. The summed E-state index contributed by atoms with van der Waals surface area (Å²) in [5.74, 6) is -1.40. The summed E-state index contributed by atoms with van der Waals surface area (Å²) < 4.78 is 0. The van der Waals surface area contributed by atoms with E-state index in [-0.39, 0.29) is 5.92 Å². The molecular formula is C27H52O4. The molecule has 0 aromatic carbocycles. The molecule has 0 heterocycles. The van der Waals surface area contributed by atoms with Gasteiger partial charge in [-0.3, -0.25) is 9.59 Å². The fraction of sp³-hybridized carbons (Fsp3) is 0.926. The molecule has 0 aromatic heterocycles. The Morgan fingerprint density at radius 2 is 0.839 bits per heavy atom. The van der Waals surface area contributed by atoms with Crippen molar-refractivity contribution in [2.24, 2.45) is 5.92 Å². The molecule has 0 saturated heterocycles. The molecule has 31 heavy (non-hydrogen) atoms. The van der Waals surface area contributed by atoms with Crippen molar-refractivity contribution in [3.05, 3.63) is 0 Å². The zero-order valence-corrected chi connectivity index (χ0v) is 20.6. The van der Waals surface area contributed by atoms with Crippen LogP contribution in [0.3, 0.4) is 0 Å². The lowest BCUT2D eigenvalue weighted by Crippen LogP contribution is -2.13. The molecule has 0 rings (SSSR count). The Kier molecular flexibility index (Phi) is 22.8. The van der Waals surface area contributed by atoms with E-state index in [9.17, 15) is 14.7 Å². The van der Waals surface area contributed by atoms with Gasteiger partial charge in [0.2, 0.25) is 0 Å². The predicted octanol–water partition coefficient (Wildman–Crippen LogP) is 8.76. The summed E-state index contributed by atoms with van der Waals surface area (Å²) in [6.07, 6.45) is 26.3. The molecule has 0 spiro atoms. The zero-order chi connectivity index (χ0) is 23.0. The van der Waals surface area contributed by atoms with Crippen molar-refractivity contribution in [3.63, 3.8) is 0 Å². The molecule has 4 heteroatoms. The lowest BCUT2D eigenvalue weighted by molar-refractivity contribution is -0.142. The molecule has 184 valence electrons. The standard InChI is InChI=1S/C27H52O4/c1-2-3-4-5-6-13-16-19-22-25(27(30)31)23-20-17-14-11-9-7-8-10-12-15-18-21-24-26(28)29/h25H,2-24H2,1H3,(H,28,29)(H,30,31). The van der Waals surface area contributed by atoms with Gasteiger partial charge >= 0.3 is 11.9 Å². The molecule has 0 radical (unpaired) electrons. The molecule has 4 nitrogen and oxygen atoms in total. The minimum Gasteiger partial charge on any atom is -0.481 e. The van der Waals surface area contributed by atoms with Crippen LogP contribution in [0.1, 0.15) is 155 Å². The number of hydrogen-bond acceptors (Lipinski definition) is 2. The monoisotopic (exact) mass is 440 g/mol. The first kappa shape index (κ1) is 29.9. The van der Waals surface area contributed by atoms with Gasteiger partial charge in [-0.15, -0.1) is 0 Å². The van der Waals surface area contributed by atoms with Crippen molar-refractivity contribution in [1.82, 2.24) is 0 Å². The van der Waals surface area contributed by atoms with Crippen molar-refractivity contribution in [2.75, 3.05) is 0 Å². The summed E-state index contributed by atoms with van der Waals surface area (Å²) in [6, 6.07) is 0. The first-order chi connectivity index (χ1) is 15.1. The lowest BCUT2D eigenvalue weighted by Gasteiger charge is -2.12. The SMILES string of the molecule is CCCCCCCCCCC(CCCCCCCCCCCCCCC(=O)O)C(=O)O. The molecule has 0 aromatic rings. The van der Waals surface area contributed by atoms with Crippen LogP contribution < -0.4 is 0 Å². The van der Waals surface area contributed by atoms with Crippen molar-refractivity contribution in [3.8, 4) is 0 Å². The Labute approximate surface area is 192 Å². The number of hydrogen-bond donors (Lipinski definition) is 2. The van der Waals surface area contributed by atoms with Gasteiger partial charge in [-0.1, -0.05) is 129 Å². The Hall–Kier alpha value is -1.06. The maximum Gasteiger partial charge on any atom is 0.306 e. The van der Waals surface area contributed by atoms with E-state index in [0.29, 0.717) is 6.42 Å². The molecule has 0 aliphatic carbocycles. The summed E-state index contributed by atoms with van der Waals surface area (Å²) >= 11 is 0. The molecule has 0 fully saturated rings. The highest BCUT2D eigenvalue weighted by Crippen LogP contribution is 2.20. The van der Waals surface area contributed by atoms with Crippen LogP contribution in [-0.4, -0.2) is 22.2 Å². The van der Waals surface area contributed by atoms with Gasteiger partial charge in [0.25, 0.3) is 0 Å². The predicted molar refractivity (Wildman–Crippen MR) is 131 cm³/mol. The van der Waals surface area contributed by atoms with E-state index in [1.54, 1.807) is 0 Å². The van der Waals surface area contributed by atoms with Crippen LogP contribution in [0.4, 0.5) is 0 Å². The largest absolute Gasteiger partial charge is 0.481 e. The Morgan fingerprint density at radius 1 is 0.516 bits per heavy atom. The van der Waals surface area contributed by atoms with Gasteiger partial charge in [0, 0.05) is 6.42 Å². The van der Waals surface area contributed by atoms with Crippen LogP contribution in [0.2, 0.25) is 0 Å². The minimum absolute atomic E-state index is 0.129. The average Bonchev–Trinajstić information content (AvgIpc) is 2.73. The number of rotatable bonds is 25. The normalized spacial score (nSPS) is 12.2. The quantitative estimate of drug-likeness (QED) is 0.139. The Bertz CT molecular complexity index is 408. The maximum atomic E-state index is 11.5. The van der Waals surface area contributed by atoms with Crippen LogP contribution in [-0.2, 0) is 9.59 Å². The number of carboxylic acids is 2. The Morgan fingerprint density at radius 3 is 1.16 bits per heavy atom. The van der Waals surface area contributed by atoms with Crippen molar-refractivity contribution in [1.29, 1.82) is 0 Å². The highest BCUT2D eigenvalue weighted by atomic mass is 16.4. The zero-order valence-electron chi connectivity index (χ0n) is 20.6. The van der Waals surface area contributed by atoms with Crippen molar-refractivity contribution in [2.45, 2.75) is 155 Å². The highest BCUT2D eigenvalue weighted by molar-refractivity contribution is 5.69. The van der Waals surface area contributed by atoms with Crippen molar-refractivity contribution >= 4 is 11.9 Å². The molecule has 0 aliphatic heterocycles. The minimum atomic E-state index is -0.679. The third kappa shape index (κ3) is 23.4. The van der Waals surface area contributed by atoms with Gasteiger partial charge in [-0.2, -0.15) is 0 Å². The van der Waals surface area contributed by atoms with E-state index in [4.69, 9.17) is 5.11 Å². The van der Waals surface area contributed by atoms with Gasteiger partial charge in [0.15, 0.2) is 0 Å². The molecule has 0 amide bonds. The number of carbonyl (C=O) groups is 2. The second-order valence-corrected chi connectivity index (χ2v) is 9.47. The van der Waals surface area contributed by atoms with Gasteiger partial charge in [0.05, 0.1) is 5.92 Å². The molecule has 0 saturated carbocycles. The Balaban J connectivity index is 3.41. The number of aliphatic carboxylic acids is 2. The summed E-state index contributed by atoms with van der Waals surface area (Å²) in [6.45, 7) is 2.24. The second kappa shape index (κ2) is 23.6. The number of carboxylic acid groups (broad SMARTS) is 2. The van der Waals surface area contributed by atoms with Crippen LogP contribution in [0.5, 0.6) is 0 Å². The highest BCUT2D eigenvalue weighted by Gasteiger charge is 2.16. The van der Waals surface area contributed by atoms with E-state index in [1.807, 2.05) is 0 Å². The van der Waals surface area contributed by atoms with Crippen LogP contribution in [0, 0.1) is 5.92 Å². The fourth-order valence-corrected chi connectivity index (χ4v) is 4.35. The van der Waals surface area contributed by atoms with E-state index in [1.165, 1.54) is 96.3 Å². The molecular weight excluding hydrogens is 388 g/mol. The van der Waals surface area contributed by atoms with Crippen molar-refractivity contribution < 1.29 is 19.8 Å². The van der Waals surface area contributed by atoms with E-state index < -0.39 is 11.9 Å². The average molecular weight is 441 g/mol. The van der Waals surface area contributed by atoms with Crippen LogP contribution in [0.15, 0.2) is 0 Å². The first-order valence-corrected chi connectivity index (χ1v) is 13.5. The first-order valence-electron chi connectivity index (χ1n) is 13.5. The van der Waals surface area contributed by atoms with Crippen LogP contribution in [0.25, 0.3) is 0 Å². The summed E-state index contributed by atoms with van der Waals surface area (Å²) in [5.41, 5.74) is 0. The number of unbranched alkanes of at least 4 members (excludes halogenated alkanes) is 18.